The number of thioether (sulfide) groups is 1. The second kappa shape index (κ2) is 8.57. The molecule has 1 N–H and O–H groups in total. The normalized spacial score (nSPS) is 22.8. The zero-order chi connectivity index (χ0) is 20.6. The first-order valence-corrected chi connectivity index (χ1v) is 11.9. The molecule has 5 nitrogen and oxygen atoms in total. The van der Waals surface area contributed by atoms with Gasteiger partial charge in [0, 0.05) is 17.0 Å². The lowest BCUT2D eigenvalue weighted by Crippen LogP contribution is -2.44. The number of amides is 1. The molecule has 7 heteroatoms. The predicted octanol–water partition coefficient (Wildman–Crippen LogP) is 4.69. The minimum absolute atomic E-state index is 0.000476. The van der Waals surface area contributed by atoms with Crippen LogP contribution < -0.4 is 10.9 Å². The van der Waals surface area contributed by atoms with Crippen LogP contribution in [0.4, 0.5) is 0 Å². The van der Waals surface area contributed by atoms with Gasteiger partial charge in [-0.25, -0.2) is 4.98 Å². The zero-order valence-corrected chi connectivity index (χ0v) is 19.3. The third-order valence-electron chi connectivity index (χ3n) is 6.10. The Labute approximate surface area is 175 Å². The van der Waals surface area contributed by atoms with Gasteiger partial charge in [-0.05, 0) is 51.5 Å². The van der Waals surface area contributed by atoms with Gasteiger partial charge in [-0.15, -0.1) is 11.3 Å². The zero-order valence-electron chi connectivity index (χ0n) is 17.7. The van der Waals surface area contributed by atoms with E-state index in [1.807, 2.05) is 27.7 Å². The summed E-state index contributed by atoms with van der Waals surface area (Å²) in [5.74, 6) is 1.46. The van der Waals surface area contributed by atoms with Gasteiger partial charge in [-0.2, -0.15) is 0 Å². The van der Waals surface area contributed by atoms with E-state index in [1.165, 1.54) is 24.6 Å². The molecule has 3 rings (SSSR count). The number of rotatable bonds is 5. The molecule has 3 atom stereocenters. The number of nitrogens with one attached hydrogen (secondary N) is 1. The summed E-state index contributed by atoms with van der Waals surface area (Å²) in [5, 5.41) is 4.56. The molecule has 2 heterocycles. The van der Waals surface area contributed by atoms with Crippen molar-refractivity contribution in [2.45, 2.75) is 78.0 Å². The average Bonchev–Trinajstić information content (AvgIpc) is 2.91. The fourth-order valence-corrected chi connectivity index (χ4v) is 6.02. The van der Waals surface area contributed by atoms with Crippen molar-refractivity contribution < 1.29 is 4.79 Å². The minimum atomic E-state index is -0.00576. The van der Waals surface area contributed by atoms with Crippen molar-refractivity contribution in [3.05, 3.63) is 20.8 Å². The van der Waals surface area contributed by atoms with E-state index in [4.69, 9.17) is 4.98 Å². The fourth-order valence-electron chi connectivity index (χ4n) is 4.01. The van der Waals surface area contributed by atoms with Crippen molar-refractivity contribution in [3.63, 3.8) is 0 Å². The first kappa shape index (κ1) is 21.4. The number of nitrogens with zero attached hydrogens (tertiary/aromatic N) is 2. The second-order valence-corrected chi connectivity index (χ2v) is 10.5. The predicted molar refractivity (Wildman–Crippen MR) is 119 cm³/mol. The summed E-state index contributed by atoms with van der Waals surface area (Å²) in [4.78, 5) is 32.3. The van der Waals surface area contributed by atoms with E-state index in [2.05, 4.69) is 19.2 Å². The van der Waals surface area contributed by atoms with Crippen molar-refractivity contribution >= 4 is 39.2 Å². The van der Waals surface area contributed by atoms with Gasteiger partial charge in [-0.3, -0.25) is 14.2 Å². The molecule has 0 saturated heterocycles. The van der Waals surface area contributed by atoms with E-state index in [1.54, 1.807) is 15.9 Å². The topological polar surface area (TPSA) is 64.0 Å². The maximum absolute atomic E-state index is 13.1. The van der Waals surface area contributed by atoms with Crippen LogP contribution in [0.25, 0.3) is 10.2 Å². The van der Waals surface area contributed by atoms with Crippen LogP contribution in [0.2, 0.25) is 0 Å². The lowest BCUT2D eigenvalue weighted by atomic mass is 9.78. The summed E-state index contributed by atoms with van der Waals surface area (Å²) < 4.78 is 1.73. The SMILES string of the molecule is Cc1sc2nc(SCC(=O)N[C@@H]3CCC[C@H](C)[C@@H]3C)n(C(C)C)c(=O)c2c1C. The third-order valence-corrected chi connectivity index (χ3v) is 8.16. The Morgan fingerprint density at radius 3 is 2.71 bits per heavy atom. The maximum atomic E-state index is 13.1. The molecule has 1 fully saturated rings. The van der Waals surface area contributed by atoms with Crippen LogP contribution in [-0.2, 0) is 4.79 Å². The number of aryl methyl sites for hydroxylation is 2. The number of hydrogen-bond donors (Lipinski definition) is 1. The fraction of sp³-hybridized carbons (Fsp3) is 0.667. The smallest absolute Gasteiger partial charge is 0.263 e. The number of aromatic nitrogens is 2. The van der Waals surface area contributed by atoms with Gasteiger partial charge in [0.2, 0.25) is 5.91 Å². The highest BCUT2D eigenvalue weighted by Crippen LogP contribution is 2.31. The van der Waals surface area contributed by atoms with Crippen LogP contribution in [0.15, 0.2) is 9.95 Å². The Bertz CT molecular complexity index is 932. The van der Waals surface area contributed by atoms with Gasteiger partial charge in [0.05, 0.1) is 11.1 Å². The van der Waals surface area contributed by atoms with Crippen LogP contribution in [0.1, 0.15) is 63.4 Å². The molecule has 1 aliphatic carbocycles. The molecule has 1 amide bonds. The molecule has 1 aliphatic rings. The molecule has 0 radical (unpaired) electrons. The van der Waals surface area contributed by atoms with Gasteiger partial charge in [-0.1, -0.05) is 38.5 Å². The first-order valence-electron chi connectivity index (χ1n) is 10.1. The van der Waals surface area contributed by atoms with Crippen LogP contribution in [0, 0.1) is 25.7 Å². The standard InChI is InChI=1S/C21H31N3O2S2/c1-11(2)24-20(26)18-14(5)15(6)28-19(18)23-21(24)27-10-17(25)22-16-9-7-8-12(3)13(16)4/h11-13,16H,7-10H2,1-6H3,(H,22,25)/t12-,13-,16+/m0/s1. The van der Waals surface area contributed by atoms with Gasteiger partial charge in [0.15, 0.2) is 5.16 Å². The molecule has 0 bridgehead atoms. The Balaban J connectivity index is 1.79. The Morgan fingerprint density at radius 2 is 2.04 bits per heavy atom. The summed E-state index contributed by atoms with van der Waals surface area (Å²) in [7, 11) is 0. The molecular formula is C21H31N3O2S2. The van der Waals surface area contributed by atoms with Crippen molar-refractivity contribution in [2.75, 3.05) is 5.75 Å². The van der Waals surface area contributed by atoms with Gasteiger partial charge < -0.3 is 5.32 Å². The number of carbonyl (C=O) groups is 1. The van der Waals surface area contributed by atoms with Crippen LogP contribution in [0.5, 0.6) is 0 Å². The van der Waals surface area contributed by atoms with E-state index >= 15 is 0 Å². The van der Waals surface area contributed by atoms with Crippen molar-refractivity contribution in [1.82, 2.24) is 14.9 Å². The van der Waals surface area contributed by atoms with E-state index in [9.17, 15) is 9.59 Å². The summed E-state index contributed by atoms with van der Waals surface area (Å²) in [5.41, 5.74) is 1.01. The summed E-state index contributed by atoms with van der Waals surface area (Å²) in [6, 6.07) is 0.246. The number of fused-ring (bicyclic) bond motifs is 1. The van der Waals surface area contributed by atoms with Crippen molar-refractivity contribution in [2.24, 2.45) is 11.8 Å². The lowest BCUT2D eigenvalue weighted by molar-refractivity contribution is -0.120. The molecule has 1 saturated carbocycles. The number of hydrogen-bond acceptors (Lipinski definition) is 5. The monoisotopic (exact) mass is 421 g/mol. The number of carbonyl (C=O) groups excluding carboxylic acids is 1. The molecule has 2 aromatic heterocycles. The summed E-state index contributed by atoms with van der Waals surface area (Å²) in [6.07, 6.45) is 3.47. The average molecular weight is 422 g/mol. The van der Waals surface area contributed by atoms with Crippen molar-refractivity contribution in [3.8, 4) is 0 Å². The van der Waals surface area contributed by atoms with Crippen LogP contribution in [-0.4, -0.2) is 27.3 Å². The van der Waals surface area contributed by atoms with Crippen molar-refractivity contribution in [1.29, 1.82) is 0 Å². The van der Waals surface area contributed by atoms with Gasteiger partial charge >= 0.3 is 0 Å². The van der Waals surface area contributed by atoms with E-state index in [0.29, 0.717) is 17.0 Å². The summed E-state index contributed by atoms with van der Waals surface area (Å²) >= 11 is 2.92. The highest BCUT2D eigenvalue weighted by molar-refractivity contribution is 7.99. The lowest BCUT2D eigenvalue weighted by Gasteiger charge is -2.34. The third kappa shape index (κ3) is 4.15. The van der Waals surface area contributed by atoms with E-state index in [-0.39, 0.29) is 29.3 Å². The molecule has 0 unspecified atom stereocenters. The maximum Gasteiger partial charge on any atom is 0.263 e. The molecule has 2 aromatic rings. The quantitative estimate of drug-likeness (QED) is 0.562. The molecule has 0 aliphatic heterocycles. The van der Waals surface area contributed by atoms with Crippen LogP contribution >= 0.6 is 23.1 Å². The molecule has 28 heavy (non-hydrogen) atoms. The Kier molecular flexibility index (Phi) is 6.54. The van der Waals surface area contributed by atoms with Gasteiger partial charge in [0.1, 0.15) is 4.83 Å². The van der Waals surface area contributed by atoms with Crippen LogP contribution in [0.3, 0.4) is 0 Å². The second-order valence-electron chi connectivity index (χ2n) is 8.36. The summed E-state index contributed by atoms with van der Waals surface area (Å²) in [6.45, 7) is 12.5. The molecule has 0 spiro atoms. The highest BCUT2D eigenvalue weighted by atomic mass is 32.2. The first-order chi connectivity index (χ1) is 13.2. The Morgan fingerprint density at radius 1 is 1.32 bits per heavy atom. The number of thiophene rings is 1. The van der Waals surface area contributed by atoms with E-state index < -0.39 is 0 Å². The Hall–Kier alpha value is -1.34. The largest absolute Gasteiger partial charge is 0.352 e. The molecule has 154 valence electrons. The molecule has 0 aromatic carbocycles. The highest BCUT2D eigenvalue weighted by Gasteiger charge is 2.28. The molecular weight excluding hydrogens is 390 g/mol. The van der Waals surface area contributed by atoms with E-state index in [0.717, 1.165) is 27.1 Å². The van der Waals surface area contributed by atoms with Gasteiger partial charge in [0.25, 0.3) is 5.56 Å². The minimum Gasteiger partial charge on any atom is -0.352 e.